The number of anilines is 3. The van der Waals surface area contributed by atoms with Gasteiger partial charge in [-0.1, -0.05) is 6.07 Å². The lowest BCUT2D eigenvalue weighted by molar-refractivity contribution is -0.117. The number of piperazine rings is 1. The maximum absolute atomic E-state index is 12.6. The van der Waals surface area contributed by atoms with Gasteiger partial charge in [0.15, 0.2) is 0 Å². The summed E-state index contributed by atoms with van der Waals surface area (Å²) in [5, 5.41) is 5.60. The number of rotatable bonds is 7. The van der Waals surface area contributed by atoms with E-state index in [1.165, 1.54) is 6.92 Å². The van der Waals surface area contributed by atoms with Gasteiger partial charge in [0.1, 0.15) is 11.5 Å². The second-order valence-electron chi connectivity index (χ2n) is 7.11. The largest absolute Gasteiger partial charge is 0.497 e. The Morgan fingerprint density at radius 2 is 1.73 bits per heavy atom. The zero-order valence-electron chi connectivity index (χ0n) is 17.6. The van der Waals surface area contributed by atoms with Crippen molar-refractivity contribution in [2.45, 2.75) is 6.92 Å². The zero-order chi connectivity index (χ0) is 21.5. The molecule has 1 aliphatic heterocycles. The van der Waals surface area contributed by atoms with E-state index in [0.717, 1.165) is 37.6 Å². The van der Waals surface area contributed by atoms with Crippen LogP contribution < -0.4 is 25.0 Å². The highest BCUT2D eigenvalue weighted by Crippen LogP contribution is 2.28. The Labute approximate surface area is 176 Å². The van der Waals surface area contributed by atoms with E-state index >= 15 is 0 Å². The standard InChI is InChI=1S/C22H28N4O4/c1-16(27)23-17-7-8-21(30-3)20(13-17)24-22(28)15-25-9-11-26(12-10-25)18-5-4-6-19(14-18)29-2/h4-8,13-14H,9-12,15H2,1-3H3,(H,23,27)(H,24,28). The fourth-order valence-corrected chi connectivity index (χ4v) is 3.45. The van der Waals surface area contributed by atoms with Crippen LogP contribution in [0.2, 0.25) is 0 Å². The lowest BCUT2D eigenvalue weighted by atomic mass is 10.2. The summed E-state index contributed by atoms with van der Waals surface area (Å²) in [6.07, 6.45) is 0. The minimum absolute atomic E-state index is 0.122. The second-order valence-corrected chi connectivity index (χ2v) is 7.11. The first-order valence-electron chi connectivity index (χ1n) is 9.85. The number of hydrogen-bond donors (Lipinski definition) is 2. The van der Waals surface area contributed by atoms with Gasteiger partial charge in [-0.3, -0.25) is 14.5 Å². The second kappa shape index (κ2) is 9.98. The lowest BCUT2D eigenvalue weighted by Gasteiger charge is -2.35. The molecular formula is C22H28N4O4. The Hall–Kier alpha value is -3.26. The number of benzene rings is 2. The third-order valence-electron chi connectivity index (χ3n) is 4.95. The van der Waals surface area contributed by atoms with Gasteiger partial charge in [-0.15, -0.1) is 0 Å². The predicted octanol–water partition coefficient (Wildman–Crippen LogP) is 2.42. The fraction of sp³-hybridized carbons (Fsp3) is 0.364. The Morgan fingerprint density at radius 1 is 0.967 bits per heavy atom. The molecule has 0 saturated carbocycles. The number of hydrogen-bond acceptors (Lipinski definition) is 6. The van der Waals surface area contributed by atoms with Crippen molar-refractivity contribution in [1.29, 1.82) is 0 Å². The minimum atomic E-state index is -0.175. The Morgan fingerprint density at radius 3 is 2.40 bits per heavy atom. The van der Waals surface area contributed by atoms with E-state index in [0.29, 0.717) is 23.7 Å². The van der Waals surface area contributed by atoms with Crippen LogP contribution in [0.5, 0.6) is 11.5 Å². The molecule has 0 aliphatic carbocycles. The van der Waals surface area contributed by atoms with E-state index in [-0.39, 0.29) is 11.8 Å². The van der Waals surface area contributed by atoms with Gasteiger partial charge in [0, 0.05) is 50.5 Å². The van der Waals surface area contributed by atoms with Gasteiger partial charge in [-0.05, 0) is 30.3 Å². The number of carbonyl (C=O) groups is 2. The van der Waals surface area contributed by atoms with Gasteiger partial charge in [0.2, 0.25) is 11.8 Å². The first-order valence-corrected chi connectivity index (χ1v) is 9.85. The summed E-state index contributed by atoms with van der Waals surface area (Å²) < 4.78 is 10.6. The van der Waals surface area contributed by atoms with E-state index in [1.54, 1.807) is 32.4 Å². The van der Waals surface area contributed by atoms with Crippen molar-refractivity contribution in [3.8, 4) is 11.5 Å². The van der Waals surface area contributed by atoms with E-state index in [1.807, 2.05) is 18.2 Å². The zero-order valence-corrected chi connectivity index (χ0v) is 17.6. The average molecular weight is 412 g/mol. The number of nitrogens with zero attached hydrogens (tertiary/aromatic N) is 2. The van der Waals surface area contributed by atoms with Gasteiger partial charge in [-0.2, -0.15) is 0 Å². The first kappa shape index (κ1) is 21.4. The molecule has 2 N–H and O–H groups in total. The van der Waals surface area contributed by atoms with E-state index < -0.39 is 0 Å². The van der Waals surface area contributed by atoms with E-state index in [9.17, 15) is 9.59 Å². The molecule has 8 nitrogen and oxygen atoms in total. The molecule has 1 heterocycles. The van der Waals surface area contributed by atoms with Crippen LogP contribution in [0, 0.1) is 0 Å². The van der Waals surface area contributed by atoms with Crippen LogP contribution in [-0.2, 0) is 9.59 Å². The molecule has 0 unspecified atom stereocenters. The molecular weight excluding hydrogens is 384 g/mol. The molecule has 1 saturated heterocycles. The molecule has 0 bridgehead atoms. The lowest BCUT2D eigenvalue weighted by Crippen LogP contribution is -2.48. The predicted molar refractivity (Wildman–Crippen MR) is 118 cm³/mol. The number of methoxy groups -OCH3 is 2. The average Bonchev–Trinajstić information content (AvgIpc) is 2.74. The van der Waals surface area contributed by atoms with Crippen LogP contribution >= 0.6 is 0 Å². The van der Waals surface area contributed by atoms with E-state index in [2.05, 4.69) is 26.5 Å². The Balaban J connectivity index is 1.55. The molecule has 2 amide bonds. The van der Waals surface area contributed by atoms with E-state index in [4.69, 9.17) is 9.47 Å². The summed E-state index contributed by atoms with van der Waals surface area (Å²) in [6.45, 7) is 4.97. The van der Waals surface area contributed by atoms with Crippen molar-refractivity contribution < 1.29 is 19.1 Å². The molecule has 1 fully saturated rings. The van der Waals surface area contributed by atoms with Gasteiger partial charge < -0.3 is 25.0 Å². The van der Waals surface area contributed by atoms with Crippen LogP contribution in [-0.4, -0.2) is 63.7 Å². The smallest absolute Gasteiger partial charge is 0.238 e. The molecule has 0 spiro atoms. The highest BCUT2D eigenvalue weighted by Gasteiger charge is 2.20. The molecule has 2 aromatic rings. The third kappa shape index (κ3) is 5.64. The minimum Gasteiger partial charge on any atom is -0.497 e. The molecule has 0 radical (unpaired) electrons. The summed E-state index contributed by atoms with van der Waals surface area (Å²) in [4.78, 5) is 28.3. The molecule has 1 aliphatic rings. The van der Waals surface area contributed by atoms with Gasteiger partial charge in [0.05, 0.1) is 26.5 Å². The molecule has 0 atom stereocenters. The van der Waals surface area contributed by atoms with Gasteiger partial charge in [0.25, 0.3) is 0 Å². The molecule has 30 heavy (non-hydrogen) atoms. The van der Waals surface area contributed by atoms with Crippen molar-refractivity contribution in [1.82, 2.24) is 4.90 Å². The molecule has 0 aromatic heterocycles. The highest BCUT2D eigenvalue weighted by molar-refractivity contribution is 5.95. The van der Waals surface area contributed by atoms with Crippen LogP contribution in [0.25, 0.3) is 0 Å². The van der Waals surface area contributed by atoms with Gasteiger partial charge in [-0.25, -0.2) is 0 Å². The van der Waals surface area contributed by atoms with Gasteiger partial charge >= 0.3 is 0 Å². The monoisotopic (exact) mass is 412 g/mol. The molecule has 160 valence electrons. The SMILES string of the molecule is COc1cccc(N2CCN(CC(=O)Nc3cc(NC(C)=O)ccc3OC)CC2)c1. The van der Waals surface area contributed by atoms with Crippen molar-refractivity contribution in [2.24, 2.45) is 0 Å². The maximum Gasteiger partial charge on any atom is 0.238 e. The first-order chi connectivity index (χ1) is 14.5. The van der Waals surface area contributed by atoms with Crippen molar-refractivity contribution in [2.75, 3.05) is 62.5 Å². The summed E-state index contributed by atoms with van der Waals surface area (Å²) in [7, 11) is 3.21. The topological polar surface area (TPSA) is 83.1 Å². The van der Waals surface area contributed by atoms with Crippen LogP contribution in [0.4, 0.5) is 17.1 Å². The molecule has 2 aromatic carbocycles. The fourth-order valence-electron chi connectivity index (χ4n) is 3.45. The summed E-state index contributed by atoms with van der Waals surface area (Å²) in [6, 6.07) is 13.1. The maximum atomic E-state index is 12.6. The highest BCUT2D eigenvalue weighted by atomic mass is 16.5. The number of amides is 2. The quantitative estimate of drug-likeness (QED) is 0.727. The van der Waals surface area contributed by atoms with Crippen molar-refractivity contribution in [3.05, 3.63) is 42.5 Å². The summed E-state index contributed by atoms with van der Waals surface area (Å²) in [5.41, 5.74) is 2.26. The number of nitrogens with one attached hydrogen (secondary N) is 2. The summed E-state index contributed by atoms with van der Waals surface area (Å²) >= 11 is 0. The Kier molecular flexibility index (Phi) is 7.13. The van der Waals surface area contributed by atoms with Crippen molar-refractivity contribution in [3.63, 3.8) is 0 Å². The number of carbonyl (C=O) groups excluding carboxylic acids is 2. The van der Waals surface area contributed by atoms with Crippen LogP contribution in [0.1, 0.15) is 6.92 Å². The van der Waals surface area contributed by atoms with Crippen molar-refractivity contribution >= 4 is 28.9 Å². The normalized spacial score (nSPS) is 14.2. The third-order valence-corrected chi connectivity index (χ3v) is 4.95. The van der Waals surface area contributed by atoms with Crippen LogP contribution in [0.3, 0.4) is 0 Å². The summed E-state index contributed by atoms with van der Waals surface area (Å²) in [5.74, 6) is 1.08. The Bertz CT molecular complexity index is 894. The molecule has 3 rings (SSSR count). The number of ether oxygens (including phenoxy) is 2. The molecule has 8 heteroatoms. The van der Waals surface area contributed by atoms with Crippen LogP contribution in [0.15, 0.2) is 42.5 Å².